The third kappa shape index (κ3) is 2.38. The number of nitrogens with two attached hydrogens (primary N) is 1. The molecule has 3 heterocycles. The Morgan fingerprint density at radius 2 is 2.25 bits per heavy atom. The van der Waals surface area contributed by atoms with Crippen LogP contribution in [0.25, 0.3) is 0 Å². The molecule has 20 heavy (non-hydrogen) atoms. The van der Waals surface area contributed by atoms with E-state index in [1.807, 2.05) is 4.90 Å². The number of rotatable bonds is 1. The van der Waals surface area contributed by atoms with Crippen molar-refractivity contribution in [1.29, 1.82) is 0 Å². The molecule has 2 N–H and O–H groups in total. The van der Waals surface area contributed by atoms with Gasteiger partial charge in [0.25, 0.3) is 5.91 Å². The van der Waals surface area contributed by atoms with E-state index >= 15 is 0 Å². The SMILES string of the molecule is CN1CCCC2CN(C(=O)c3cnccc3N)CCC21. The molecule has 0 bridgehead atoms. The van der Waals surface area contributed by atoms with Crippen LogP contribution >= 0.6 is 0 Å². The number of nitrogen functional groups attached to an aromatic ring is 1. The molecule has 0 saturated carbocycles. The van der Waals surface area contributed by atoms with Crippen molar-refractivity contribution in [1.82, 2.24) is 14.8 Å². The Labute approximate surface area is 119 Å². The maximum absolute atomic E-state index is 12.6. The number of amides is 1. The highest BCUT2D eigenvalue weighted by Gasteiger charge is 2.36. The summed E-state index contributed by atoms with van der Waals surface area (Å²) in [5, 5.41) is 0. The molecule has 5 nitrogen and oxygen atoms in total. The number of hydrogen-bond donors (Lipinski definition) is 1. The highest BCUT2D eigenvalue weighted by Crippen LogP contribution is 2.30. The predicted octanol–water partition coefficient (Wildman–Crippen LogP) is 1.22. The summed E-state index contributed by atoms with van der Waals surface area (Å²) in [6.07, 6.45) is 6.72. The lowest BCUT2D eigenvalue weighted by Gasteiger charge is -2.46. The van der Waals surface area contributed by atoms with E-state index in [2.05, 4.69) is 16.9 Å². The fourth-order valence-electron chi connectivity index (χ4n) is 3.59. The van der Waals surface area contributed by atoms with E-state index in [1.165, 1.54) is 19.4 Å². The number of aromatic nitrogens is 1. The molecule has 5 heteroatoms. The average Bonchev–Trinajstić information content (AvgIpc) is 2.47. The van der Waals surface area contributed by atoms with Crippen molar-refractivity contribution in [2.45, 2.75) is 25.3 Å². The van der Waals surface area contributed by atoms with E-state index in [1.54, 1.807) is 18.5 Å². The van der Waals surface area contributed by atoms with Crippen LogP contribution in [0.4, 0.5) is 5.69 Å². The van der Waals surface area contributed by atoms with Crippen LogP contribution in [0.5, 0.6) is 0 Å². The lowest BCUT2D eigenvalue weighted by atomic mass is 9.84. The minimum absolute atomic E-state index is 0.0299. The third-order valence-electron chi connectivity index (χ3n) is 4.72. The Morgan fingerprint density at radius 3 is 3.05 bits per heavy atom. The smallest absolute Gasteiger partial charge is 0.257 e. The Balaban J connectivity index is 1.73. The summed E-state index contributed by atoms with van der Waals surface area (Å²) < 4.78 is 0. The van der Waals surface area contributed by atoms with Gasteiger partial charge in [-0.2, -0.15) is 0 Å². The second-order valence-corrected chi connectivity index (χ2v) is 5.95. The van der Waals surface area contributed by atoms with E-state index in [0.29, 0.717) is 23.2 Å². The Kier molecular flexibility index (Phi) is 3.61. The van der Waals surface area contributed by atoms with Gasteiger partial charge in [-0.25, -0.2) is 0 Å². The first kappa shape index (κ1) is 13.4. The van der Waals surface area contributed by atoms with Crippen molar-refractivity contribution in [2.75, 3.05) is 32.4 Å². The zero-order chi connectivity index (χ0) is 14.1. The summed E-state index contributed by atoms with van der Waals surface area (Å²) >= 11 is 0. The second-order valence-electron chi connectivity index (χ2n) is 5.95. The van der Waals surface area contributed by atoms with Gasteiger partial charge < -0.3 is 15.5 Å². The van der Waals surface area contributed by atoms with Crippen molar-refractivity contribution in [2.24, 2.45) is 5.92 Å². The molecule has 108 valence electrons. The fourth-order valence-corrected chi connectivity index (χ4v) is 3.59. The van der Waals surface area contributed by atoms with E-state index in [-0.39, 0.29) is 5.91 Å². The van der Waals surface area contributed by atoms with E-state index in [4.69, 9.17) is 5.73 Å². The highest BCUT2D eigenvalue weighted by molar-refractivity contribution is 5.98. The van der Waals surface area contributed by atoms with Crippen molar-refractivity contribution >= 4 is 11.6 Å². The molecule has 1 aromatic rings. The minimum Gasteiger partial charge on any atom is -0.398 e. The Bertz CT molecular complexity index is 504. The number of nitrogens with zero attached hydrogens (tertiary/aromatic N) is 3. The van der Waals surface area contributed by atoms with Gasteiger partial charge >= 0.3 is 0 Å². The van der Waals surface area contributed by atoms with Crippen molar-refractivity contribution < 1.29 is 4.79 Å². The van der Waals surface area contributed by atoms with Gasteiger partial charge in [0.2, 0.25) is 0 Å². The van der Waals surface area contributed by atoms with Crippen LogP contribution in [-0.4, -0.2) is 53.4 Å². The predicted molar refractivity (Wildman–Crippen MR) is 78.3 cm³/mol. The summed E-state index contributed by atoms with van der Waals surface area (Å²) in [5.41, 5.74) is 6.94. The number of carbonyl (C=O) groups is 1. The maximum atomic E-state index is 12.6. The quantitative estimate of drug-likeness (QED) is 0.836. The van der Waals surface area contributed by atoms with Crippen molar-refractivity contribution in [3.63, 3.8) is 0 Å². The van der Waals surface area contributed by atoms with Crippen LogP contribution in [0.1, 0.15) is 29.6 Å². The number of fused-ring (bicyclic) bond motifs is 1. The Morgan fingerprint density at radius 1 is 1.40 bits per heavy atom. The fraction of sp³-hybridized carbons (Fsp3) is 0.600. The van der Waals surface area contributed by atoms with Gasteiger partial charge in [-0.15, -0.1) is 0 Å². The average molecular weight is 274 g/mol. The first-order valence-electron chi connectivity index (χ1n) is 7.36. The molecular weight excluding hydrogens is 252 g/mol. The van der Waals surface area contributed by atoms with E-state index in [0.717, 1.165) is 19.5 Å². The molecule has 1 aromatic heterocycles. The van der Waals surface area contributed by atoms with Gasteiger partial charge in [-0.1, -0.05) is 0 Å². The molecule has 3 rings (SSSR count). The molecule has 0 aromatic carbocycles. The standard InChI is InChI=1S/C15H22N4O/c1-18-7-2-3-11-10-19(8-5-14(11)18)15(20)12-9-17-6-4-13(12)16/h4,6,9,11,14H,2-3,5,7-8,10H2,1H3,(H2,16,17). The normalized spacial score (nSPS) is 27.1. The Hall–Kier alpha value is -1.62. The first-order valence-corrected chi connectivity index (χ1v) is 7.36. The summed E-state index contributed by atoms with van der Waals surface area (Å²) in [6, 6.07) is 2.33. The van der Waals surface area contributed by atoms with Gasteiger partial charge in [0.15, 0.2) is 0 Å². The minimum atomic E-state index is 0.0299. The number of anilines is 1. The molecule has 0 aliphatic carbocycles. The van der Waals surface area contributed by atoms with E-state index < -0.39 is 0 Å². The number of carbonyl (C=O) groups excluding carboxylic acids is 1. The number of piperidine rings is 2. The van der Waals surface area contributed by atoms with Crippen LogP contribution in [0.15, 0.2) is 18.5 Å². The van der Waals surface area contributed by atoms with Gasteiger partial charge in [-0.3, -0.25) is 9.78 Å². The summed E-state index contributed by atoms with van der Waals surface area (Å²) in [4.78, 5) is 21.0. The van der Waals surface area contributed by atoms with Crippen molar-refractivity contribution in [3.8, 4) is 0 Å². The highest BCUT2D eigenvalue weighted by atomic mass is 16.2. The molecule has 1 amide bonds. The maximum Gasteiger partial charge on any atom is 0.257 e. The van der Waals surface area contributed by atoms with Crippen LogP contribution < -0.4 is 5.73 Å². The lowest BCUT2D eigenvalue weighted by molar-refractivity contribution is 0.0317. The molecular formula is C15H22N4O. The third-order valence-corrected chi connectivity index (χ3v) is 4.72. The largest absolute Gasteiger partial charge is 0.398 e. The van der Waals surface area contributed by atoms with Gasteiger partial charge in [0.1, 0.15) is 0 Å². The zero-order valence-electron chi connectivity index (χ0n) is 12.0. The van der Waals surface area contributed by atoms with Crippen molar-refractivity contribution in [3.05, 3.63) is 24.0 Å². The van der Waals surface area contributed by atoms with Crippen LogP contribution in [0.2, 0.25) is 0 Å². The first-order chi connectivity index (χ1) is 9.66. The molecule has 2 aliphatic rings. The monoisotopic (exact) mass is 274 g/mol. The van der Waals surface area contributed by atoms with Crippen LogP contribution in [-0.2, 0) is 0 Å². The molecule has 2 unspecified atom stereocenters. The number of pyridine rings is 1. The molecule has 2 fully saturated rings. The number of likely N-dealkylation sites (tertiary alicyclic amines) is 2. The van der Waals surface area contributed by atoms with Crippen LogP contribution in [0, 0.1) is 5.92 Å². The molecule has 0 spiro atoms. The summed E-state index contributed by atoms with van der Waals surface area (Å²) in [5.74, 6) is 0.631. The van der Waals surface area contributed by atoms with E-state index in [9.17, 15) is 4.79 Å². The van der Waals surface area contributed by atoms with Gasteiger partial charge in [-0.05, 0) is 44.8 Å². The van der Waals surface area contributed by atoms with Gasteiger partial charge in [0.05, 0.1) is 5.56 Å². The van der Waals surface area contributed by atoms with Gasteiger partial charge in [0, 0.05) is 37.2 Å². The number of hydrogen-bond acceptors (Lipinski definition) is 4. The summed E-state index contributed by atoms with van der Waals surface area (Å²) in [6.45, 7) is 2.85. The lowest BCUT2D eigenvalue weighted by Crippen LogP contribution is -2.53. The zero-order valence-corrected chi connectivity index (χ0v) is 12.0. The summed E-state index contributed by atoms with van der Waals surface area (Å²) in [7, 11) is 2.20. The topological polar surface area (TPSA) is 62.5 Å². The van der Waals surface area contributed by atoms with Crippen LogP contribution in [0.3, 0.4) is 0 Å². The molecule has 2 atom stereocenters. The molecule has 2 aliphatic heterocycles. The second kappa shape index (κ2) is 5.40. The molecule has 2 saturated heterocycles. The molecule has 0 radical (unpaired) electrons.